The summed E-state index contributed by atoms with van der Waals surface area (Å²) < 4.78 is 0. The van der Waals surface area contributed by atoms with Gasteiger partial charge in [-0.15, -0.1) is 0 Å². The molecule has 0 aromatic heterocycles. The number of hydrogen-bond donors (Lipinski definition) is 1. The van der Waals surface area contributed by atoms with Gasteiger partial charge in [0.2, 0.25) is 0 Å². The predicted octanol–water partition coefficient (Wildman–Crippen LogP) is 4.31. The van der Waals surface area contributed by atoms with Gasteiger partial charge in [0, 0.05) is 28.7 Å². The fraction of sp³-hybridized carbons (Fsp3) is 0.188. The van der Waals surface area contributed by atoms with Crippen LogP contribution in [0.15, 0.2) is 42.5 Å². The molecule has 2 nitrogen and oxygen atoms in total. The molecule has 1 aliphatic heterocycles. The van der Waals surface area contributed by atoms with Crippen molar-refractivity contribution in [3.05, 3.63) is 63.6 Å². The van der Waals surface area contributed by atoms with E-state index >= 15 is 0 Å². The number of anilines is 1. The summed E-state index contributed by atoms with van der Waals surface area (Å²) in [6, 6.07) is 13.2. The van der Waals surface area contributed by atoms with E-state index in [1.807, 2.05) is 30.3 Å². The van der Waals surface area contributed by atoms with Gasteiger partial charge in [0.15, 0.2) is 0 Å². The lowest BCUT2D eigenvalue weighted by Crippen LogP contribution is -2.17. The highest BCUT2D eigenvalue weighted by Crippen LogP contribution is 2.33. The van der Waals surface area contributed by atoms with Crippen molar-refractivity contribution >= 4 is 34.7 Å². The third-order valence-electron chi connectivity index (χ3n) is 3.60. The third kappa shape index (κ3) is 2.54. The lowest BCUT2D eigenvalue weighted by atomic mass is 9.93. The maximum atomic E-state index is 12.5. The molecule has 0 amide bonds. The number of rotatable bonds is 3. The smallest absolute Gasteiger partial charge is 0.146 e. The highest BCUT2D eigenvalue weighted by molar-refractivity contribution is 6.35. The Hall–Kier alpha value is -1.51. The Bertz CT molecular complexity index is 669. The van der Waals surface area contributed by atoms with Gasteiger partial charge < -0.3 is 5.32 Å². The molecule has 0 aliphatic carbocycles. The number of nitrogens with one attached hydrogen (secondary N) is 1. The molecule has 1 aliphatic rings. The summed E-state index contributed by atoms with van der Waals surface area (Å²) in [6.07, 6.45) is 0.330. The highest BCUT2D eigenvalue weighted by atomic mass is 35.5. The van der Waals surface area contributed by atoms with E-state index in [1.165, 1.54) is 0 Å². The molecule has 0 saturated carbocycles. The quantitative estimate of drug-likeness (QED) is 0.915. The first kappa shape index (κ1) is 13.5. The molecule has 0 spiro atoms. The number of halogens is 2. The van der Waals surface area contributed by atoms with E-state index in [9.17, 15) is 4.79 Å². The highest BCUT2D eigenvalue weighted by Gasteiger charge is 2.28. The van der Waals surface area contributed by atoms with Gasteiger partial charge in [0.05, 0.1) is 5.92 Å². The lowest BCUT2D eigenvalue weighted by Gasteiger charge is -2.10. The molecular weight excluding hydrogens is 293 g/mol. The summed E-state index contributed by atoms with van der Waals surface area (Å²) in [5.41, 5.74) is 2.95. The number of benzene rings is 2. The van der Waals surface area contributed by atoms with Gasteiger partial charge in [0.1, 0.15) is 5.78 Å². The Labute approximate surface area is 127 Å². The van der Waals surface area contributed by atoms with Crippen LogP contribution in [0.2, 0.25) is 10.0 Å². The van der Waals surface area contributed by atoms with Crippen LogP contribution in [0.3, 0.4) is 0 Å². The molecule has 1 atom stereocenters. The number of hydrogen-bond acceptors (Lipinski definition) is 2. The van der Waals surface area contributed by atoms with E-state index in [1.54, 1.807) is 12.1 Å². The molecule has 0 bridgehead atoms. The number of para-hydroxylation sites is 1. The van der Waals surface area contributed by atoms with Crippen LogP contribution >= 0.6 is 23.2 Å². The van der Waals surface area contributed by atoms with Crippen LogP contribution in [0.25, 0.3) is 0 Å². The van der Waals surface area contributed by atoms with Crippen LogP contribution in [-0.2, 0) is 11.2 Å². The largest absolute Gasteiger partial charge is 0.384 e. The molecule has 0 radical (unpaired) electrons. The summed E-state index contributed by atoms with van der Waals surface area (Å²) in [6.45, 7) is 0.656. The SMILES string of the molecule is O=C(Cc1ccc(Cl)cc1Cl)C1CNc2ccccc21. The van der Waals surface area contributed by atoms with Gasteiger partial charge >= 0.3 is 0 Å². The number of fused-ring (bicyclic) bond motifs is 1. The first-order chi connectivity index (χ1) is 9.65. The van der Waals surface area contributed by atoms with Crippen molar-refractivity contribution in [3.63, 3.8) is 0 Å². The zero-order chi connectivity index (χ0) is 14.1. The molecule has 2 aromatic rings. The molecule has 1 N–H and O–H groups in total. The molecule has 4 heteroatoms. The van der Waals surface area contributed by atoms with E-state index < -0.39 is 0 Å². The average Bonchev–Trinajstić information content (AvgIpc) is 2.86. The Morgan fingerprint density at radius 2 is 2.00 bits per heavy atom. The van der Waals surface area contributed by atoms with Gasteiger partial charge in [-0.2, -0.15) is 0 Å². The number of carbonyl (C=O) groups excluding carboxylic acids is 1. The average molecular weight is 306 g/mol. The summed E-state index contributed by atoms with van der Waals surface area (Å²) in [7, 11) is 0. The van der Waals surface area contributed by atoms with Crippen molar-refractivity contribution in [2.24, 2.45) is 0 Å². The summed E-state index contributed by atoms with van der Waals surface area (Å²) >= 11 is 12.0. The Morgan fingerprint density at radius 1 is 1.20 bits per heavy atom. The number of carbonyl (C=O) groups is 1. The maximum Gasteiger partial charge on any atom is 0.146 e. The van der Waals surface area contributed by atoms with Crippen molar-refractivity contribution in [2.75, 3.05) is 11.9 Å². The Balaban J connectivity index is 1.81. The van der Waals surface area contributed by atoms with Crippen LogP contribution in [0, 0.1) is 0 Å². The zero-order valence-corrected chi connectivity index (χ0v) is 12.2. The third-order valence-corrected chi connectivity index (χ3v) is 4.19. The minimum Gasteiger partial charge on any atom is -0.384 e. The molecular formula is C16H13Cl2NO. The minimum absolute atomic E-state index is 0.0991. The molecule has 102 valence electrons. The monoisotopic (exact) mass is 305 g/mol. The zero-order valence-electron chi connectivity index (χ0n) is 10.7. The van der Waals surface area contributed by atoms with E-state index in [4.69, 9.17) is 23.2 Å². The molecule has 3 rings (SSSR count). The standard InChI is InChI=1S/C16H13Cl2NO/c17-11-6-5-10(14(18)8-11)7-16(20)13-9-19-15-4-2-1-3-12(13)15/h1-6,8,13,19H,7,9H2. The van der Waals surface area contributed by atoms with Gasteiger partial charge in [-0.05, 0) is 29.3 Å². The van der Waals surface area contributed by atoms with E-state index in [-0.39, 0.29) is 11.7 Å². The van der Waals surface area contributed by atoms with Gasteiger partial charge in [-0.1, -0.05) is 47.5 Å². The molecule has 20 heavy (non-hydrogen) atoms. The van der Waals surface area contributed by atoms with E-state index in [2.05, 4.69) is 5.32 Å². The Morgan fingerprint density at radius 3 is 2.80 bits per heavy atom. The maximum absolute atomic E-state index is 12.5. The Kier molecular flexibility index (Phi) is 3.68. The van der Waals surface area contributed by atoms with Gasteiger partial charge in [-0.3, -0.25) is 4.79 Å². The topological polar surface area (TPSA) is 29.1 Å². The summed E-state index contributed by atoms with van der Waals surface area (Å²) in [5, 5.41) is 4.39. The molecule has 2 aromatic carbocycles. The minimum atomic E-state index is -0.0991. The van der Waals surface area contributed by atoms with Crippen LogP contribution in [0.5, 0.6) is 0 Å². The van der Waals surface area contributed by atoms with Crippen LogP contribution in [-0.4, -0.2) is 12.3 Å². The molecule has 0 saturated heterocycles. The first-order valence-corrected chi connectivity index (χ1v) is 7.20. The van der Waals surface area contributed by atoms with Crippen LogP contribution in [0.1, 0.15) is 17.0 Å². The van der Waals surface area contributed by atoms with Gasteiger partial charge in [0.25, 0.3) is 0 Å². The van der Waals surface area contributed by atoms with Gasteiger partial charge in [-0.25, -0.2) is 0 Å². The second-order valence-electron chi connectivity index (χ2n) is 4.90. The van der Waals surface area contributed by atoms with E-state index in [0.29, 0.717) is 23.0 Å². The fourth-order valence-electron chi connectivity index (χ4n) is 2.55. The van der Waals surface area contributed by atoms with Crippen LogP contribution in [0.4, 0.5) is 5.69 Å². The summed E-state index contributed by atoms with van der Waals surface area (Å²) in [4.78, 5) is 12.5. The van der Waals surface area contributed by atoms with Crippen LogP contribution < -0.4 is 5.32 Å². The molecule has 1 unspecified atom stereocenters. The normalized spacial score (nSPS) is 16.6. The second-order valence-corrected chi connectivity index (χ2v) is 5.74. The fourth-order valence-corrected chi connectivity index (χ4v) is 3.02. The lowest BCUT2D eigenvalue weighted by molar-refractivity contribution is -0.119. The predicted molar refractivity (Wildman–Crippen MR) is 82.8 cm³/mol. The van der Waals surface area contributed by atoms with Crippen molar-refractivity contribution in [1.29, 1.82) is 0 Å². The molecule has 0 fully saturated rings. The number of ketones is 1. The van der Waals surface area contributed by atoms with E-state index in [0.717, 1.165) is 16.8 Å². The number of Topliss-reactive ketones (excluding diaryl/α,β-unsaturated/α-hetero) is 1. The molecule has 1 heterocycles. The van der Waals surface area contributed by atoms with Crippen molar-refractivity contribution in [3.8, 4) is 0 Å². The first-order valence-electron chi connectivity index (χ1n) is 6.44. The van der Waals surface area contributed by atoms with Crippen molar-refractivity contribution < 1.29 is 4.79 Å². The van der Waals surface area contributed by atoms with Crippen molar-refractivity contribution in [2.45, 2.75) is 12.3 Å². The second kappa shape index (κ2) is 5.47. The van der Waals surface area contributed by atoms with Crippen molar-refractivity contribution in [1.82, 2.24) is 0 Å². The summed E-state index contributed by atoms with van der Waals surface area (Å²) in [5.74, 6) is 0.0737.